The summed E-state index contributed by atoms with van der Waals surface area (Å²) in [5.41, 5.74) is 6.84. The number of sulfonamides is 1. The number of aryl methyl sites for hydroxylation is 1. The average molecular weight is 359 g/mol. The van der Waals surface area contributed by atoms with Gasteiger partial charge in [-0.1, -0.05) is 6.07 Å². The normalized spacial score (nSPS) is 11.3. The molecule has 20 heavy (non-hydrogen) atoms. The maximum atomic E-state index is 13.2. The van der Waals surface area contributed by atoms with E-state index in [1.54, 1.807) is 12.1 Å². The Balaban J connectivity index is 2.43. The van der Waals surface area contributed by atoms with Crippen molar-refractivity contribution in [1.29, 1.82) is 0 Å². The molecule has 0 fully saturated rings. The number of benzene rings is 2. The van der Waals surface area contributed by atoms with Crippen LogP contribution in [0.1, 0.15) is 5.56 Å². The maximum absolute atomic E-state index is 13.2. The smallest absolute Gasteiger partial charge is 0.263 e. The van der Waals surface area contributed by atoms with Crippen molar-refractivity contribution in [3.8, 4) is 0 Å². The van der Waals surface area contributed by atoms with Crippen molar-refractivity contribution in [2.45, 2.75) is 11.8 Å². The largest absolute Gasteiger partial charge is 0.398 e. The molecule has 0 radical (unpaired) electrons. The minimum Gasteiger partial charge on any atom is -0.398 e. The van der Waals surface area contributed by atoms with Crippen LogP contribution in [0.15, 0.2) is 45.8 Å². The van der Waals surface area contributed by atoms with Gasteiger partial charge in [-0.3, -0.25) is 4.72 Å². The lowest BCUT2D eigenvalue weighted by Crippen LogP contribution is -2.15. The third kappa shape index (κ3) is 3.10. The highest BCUT2D eigenvalue weighted by molar-refractivity contribution is 9.10. The average Bonchev–Trinajstić information content (AvgIpc) is 2.33. The number of anilines is 2. The Morgan fingerprint density at radius 3 is 2.55 bits per heavy atom. The highest BCUT2D eigenvalue weighted by Crippen LogP contribution is 2.27. The van der Waals surface area contributed by atoms with E-state index in [0.29, 0.717) is 4.47 Å². The van der Waals surface area contributed by atoms with E-state index in [4.69, 9.17) is 5.73 Å². The third-order valence-electron chi connectivity index (χ3n) is 2.63. The number of hydrogen-bond acceptors (Lipinski definition) is 3. The van der Waals surface area contributed by atoms with Gasteiger partial charge in [0.25, 0.3) is 10.0 Å². The Hall–Kier alpha value is -1.60. The van der Waals surface area contributed by atoms with E-state index >= 15 is 0 Å². The predicted molar refractivity (Wildman–Crippen MR) is 80.5 cm³/mol. The van der Waals surface area contributed by atoms with Crippen LogP contribution in [0, 0.1) is 12.7 Å². The lowest BCUT2D eigenvalue weighted by Gasteiger charge is -2.12. The Morgan fingerprint density at radius 2 is 1.90 bits per heavy atom. The van der Waals surface area contributed by atoms with Crippen molar-refractivity contribution in [2.24, 2.45) is 0 Å². The molecule has 7 heteroatoms. The molecule has 0 saturated carbocycles. The quantitative estimate of drug-likeness (QED) is 0.827. The van der Waals surface area contributed by atoms with E-state index < -0.39 is 15.8 Å². The summed E-state index contributed by atoms with van der Waals surface area (Å²) in [5.74, 6) is -0.539. The van der Waals surface area contributed by atoms with Gasteiger partial charge >= 0.3 is 0 Å². The van der Waals surface area contributed by atoms with Crippen molar-refractivity contribution in [3.63, 3.8) is 0 Å². The van der Waals surface area contributed by atoms with E-state index in [9.17, 15) is 12.8 Å². The molecule has 0 atom stereocenters. The van der Waals surface area contributed by atoms with E-state index in [0.717, 1.165) is 11.6 Å². The number of nitrogens with two attached hydrogens (primary N) is 1. The van der Waals surface area contributed by atoms with Gasteiger partial charge in [0.1, 0.15) is 10.7 Å². The second-order valence-electron chi connectivity index (χ2n) is 4.27. The van der Waals surface area contributed by atoms with Crippen LogP contribution in [0.25, 0.3) is 0 Å². The molecule has 0 bridgehead atoms. The van der Waals surface area contributed by atoms with Crippen LogP contribution in [-0.2, 0) is 10.0 Å². The molecule has 0 unspecified atom stereocenters. The molecule has 4 nitrogen and oxygen atoms in total. The zero-order valence-corrected chi connectivity index (χ0v) is 12.9. The van der Waals surface area contributed by atoms with Crippen LogP contribution in [-0.4, -0.2) is 8.42 Å². The fraction of sp³-hybridized carbons (Fsp3) is 0.0769. The zero-order valence-electron chi connectivity index (χ0n) is 10.5. The molecular weight excluding hydrogens is 347 g/mol. The molecule has 0 aromatic heterocycles. The van der Waals surface area contributed by atoms with Gasteiger partial charge in [-0.15, -0.1) is 0 Å². The standard InChI is InChI=1S/C13H12BrFN2O2S/c1-8-2-5-13(11(16)6-8)20(18,19)17-12-7-9(15)3-4-10(12)14/h2-7,17H,16H2,1H3. The van der Waals surface area contributed by atoms with Gasteiger partial charge < -0.3 is 5.73 Å². The van der Waals surface area contributed by atoms with Crippen molar-refractivity contribution in [1.82, 2.24) is 0 Å². The van der Waals surface area contributed by atoms with E-state index in [1.807, 2.05) is 6.92 Å². The highest BCUT2D eigenvalue weighted by atomic mass is 79.9. The first kappa shape index (κ1) is 14.8. The monoisotopic (exact) mass is 358 g/mol. The number of nitrogens with one attached hydrogen (secondary N) is 1. The van der Waals surface area contributed by atoms with Gasteiger partial charge in [0.2, 0.25) is 0 Å². The summed E-state index contributed by atoms with van der Waals surface area (Å²) in [6.45, 7) is 1.81. The topological polar surface area (TPSA) is 72.2 Å². The Kier molecular flexibility index (Phi) is 4.01. The van der Waals surface area contributed by atoms with E-state index in [1.165, 1.54) is 18.2 Å². The Labute approximate surface area is 125 Å². The van der Waals surface area contributed by atoms with Crippen molar-refractivity contribution in [3.05, 3.63) is 52.3 Å². The van der Waals surface area contributed by atoms with Gasteiger partial charge in [-0.05, 0) is 58.7 Å². The molecule has 0 aliphatic rings. The maximum Gasteiger partial charge on any atom is 0.263 e. The van der Waals surface area contributed by atoms with E-state index in [-0.39, 0.29) is 16.3 Å². The van der Waals surface area contributed by atoms with Gasteiger partial charge in [0, 0.05) is 4.47 Å². The molecule has 0 aliphatic carbocycles. The molecule has 2 rings (SSSR count). The van der Waals surface area contributed by atoms with Crippen LogP contribution in [0.5, 0.6) is 0 Å². The van der Waals surface area contributed by atoms with Crippen molar-refractivity contribution < 1.29 is 12.8 Å². The molecule has 0 aliphatic heterocycles. The van der Waals surface area contributed by atoms with Gasteiger partial charge in [0.05, 0.1) is 11.4 Å². The fourth-order valence-electron chi connectivity index (χ4n) is 1.69. The molecule has 2 aromatic carbocycles. The fourth-order valence-corrected chi connectivity index (χ4v) is 3.35. The predicted octanol–water partition coefficient (Wildman–Crippen LogP) is 3.28. The molecule has 0 saturated heterocycles. The van der Waals surface area contributed by atoms with Crippen LogP contribution in [0.2, 0.25) is 0 Å². The first-order valence-corrected chi connectivity index (χ1v) is 7.91. The number of halogens is 2. The summed E-state index contributed by atoms with van der Waals surface area (Å²) < 4.78 is 40.4. The Bertz CT molecular complexity index is 763. The summed E-state index contributed by atoms with van der Waals surface area (Å²) >= 11 is 3.16. The first-order chi connectivity index (χ1) is 9.29. The summed E-state index contributed by atoms with van der Waals surface area (Å²) in [5, 5.41) is 0. The molecule has 3 N–H and O–H groups in total. The van der Waals surface area contributed by atoms with Gasteiger partial charge in [-0.25, -0.2) is 12.8 Å². The summed E-state index contributed by atoms with van der Waals surface area (Å²) in [4.78, 5) is -0.0424. The van der Waals surface area contributed by atoms with Crippen LogP contribution in [0.3, 0.4) is 0 Å². The molecule has 0 heterocycles. The SMILES string of the molecule is Cc1ccc(S(=O)(=O)Nc2cc(F)ccc2Br)c(N)c1. The molecule has 2 aromatic rings. The molecule has 106 valence electrons. The van der Waals surface area contributed by atoms with E-state index in [2.05, 4.69) is 20.7 Å². The van der Waals surface area contributed by atoms with Crippen LogP contribution < -0.4 is 10.5 Å². The summed E-state index contributed by atoms with van der Waals surface area (Å²) in [6, 6.07) is 8.36. The third-order valence-corrected chi connectivity index (χ3v) is 4.76. The second-order valence-corrected chi connectivity index (χ2v) is 6.78. The molecule has 0 amide bonds. The van der Waals surface area contributed by atoms with Gasteiger partial charge in [0.15, 0.2) is 0 Å². The summed E-state index contributed by atoms with van der Waals surface area (Å²) in [6.07, 6.45) is 0. The molecule has 0 spiro atoms. The first-order valence-electron chi connectivity index (χ1n) is 5.63. The van der Waals surface area contributed by atoms with Crippen LogP contribution in [0.4, 0.5) is 15.8 Å². The van der Waals surface area contributed by atoms with Crippen molar-refractivity contribution >= 4 is 37.3 Å². The lowest BCUT2D eigenvalue weighted by molar-refractivity contribution is 0.601. The Morgan fingerprint density at radius 1 is 1.20 bits per heavy atom. The second kappa shape index (κ2) is 5.41. The van der Waals surface area contributed by atoms with Gasteiger partial charge in [-0.2, -0.15) is 0 Å². The lowest BCUT2D eigenvalue weighted by atomic mass is 10.2. The molecular formula is C13H12BrFN2O2S. The summed E-state index contributed by atoms with van der Waals surface area (Å²) in [7, 11) is -3.87. The minimum atomic E-state index is -3.87. The highest BCUT2D eigenvalue weighted by Gasteiger charge is 2.19. The van der Waals surface area contributed by atoms with Crippen molar-refractivity contribution in [2.75, 3.05) is 10.5 Å². The minimum absolute atomic E-state index is 0.0424. The number of rotatable bonds is 3. The number of hydrogen-bond donors (Lipinski definition) is 2. The number of nitrogen functional groups attached to an aromatic ring is 1. The zero-order chi connectivity index (χ0) is 14.9. The van der Waals surface area contributed by atoms with Crippen LogP contribution >= 0.6 is 15.9 Å².